The molecule has 8 heteroatoms. The number of ether oxygens (including phenoxy) is 1. The predicted octanol–water partition coefficient (Wildman–Crippen LogP) is 6.61. The third kappa shape index (κ3) is 7.99. The number of amides is 2. The average Bonchev–Trinajstić information content (AvgIpc) is 2.83. The van der Waals surface area contributed by atoms with Gasteiger partial charge in [-0.1, -0.05) is 75.5 Å². The number of nitrogens with one attached hydrogen (secondary N) is 1. The molecule has 0 unspecified atom stereocenters. The fourth-order valence-electron chi connectivity index (χ4n) is 3.70. The van der Waals surface area contributed by atoms with Gasteiger partial charge in [0.15, 0.2) is 6.61 Å². The minimum absolute atomic E-state index is 0.0890. The van der Waals surface area contributed by atoms with Gasteiger partial charge in [-0.25, -0.2) is 0 Å². The highest BCUT2D eigenvalue weighted by molar-refractivity contribution is 9.10. The Morgan fingerprint density at radius 3 is 2.39 bits per heavy atom. The first kappa shape index (κ1) is 28.0. The van der Waals surface area contributed by atoms with Crippen LogP contribution < -0.4 is 10.1 Å². The van der Waals surface area contributed by atoms with Crippen molar-refractivity contribution >= 4 is 50.9 Å². The van der Waals surface area contributed by atoms with Gasteiger partial charge in [-0.3, -0.25) is 9.59 Å². The summed E-state index contributed by atoms with van der Waals surface area (Å²) < 4.78 is 6.79. The van der Waals surface area contributed by atoms with E-state index in [1.165, 1.54) is 4.90 Å². The zero-order valence-electron chi connectivity index (χ0n) is 20.4. The van der Waals surface area contributed by atoms with E-state index in [0.717, 1.165) is 15.6 Å². The first-order chi connectivity index (χ1) is 17.1. The molecule has 3 aromatic carbocycles. The lowest BCUT2D eigenvalue weighted by Gasteiger charge is -2.32. The van der Waals surface area contributed by atoms with Crippen LogP contribution in [0.3, 0.4) is 0 Å². The largest absolute Gasteiger partial charge is 0.484 e. The van der Waals surface area contributed by atoms with Gasteiger partial charge in [0, 0.05) is 33.5 Å². The van der Waals surface area contributed by atoms with Crippen molar-refractivity contribution in [3.8, 4) is 5.75 Å². The molecule has 0 aromatic heterocycles. The number of nitrogens with zero attached hydrogens (tertiary/aromatic N) is 1. The summed E-state index contributed by atoms with van der Waals surface area (Å²) in [6.07, 6.45) is 0.341. The molecule has 0 spiro atoms. The van der Waals surface area contributed by atoms with E-state index in [1.54, 1.807) is 24.3 Å². The van der Waals surface area contributed by atoms with Crippen LogP contribution in [0.4, 0.5) is 0 Å². The molecule has 1 N–H and O–H groups in total. The third-order valence-corrected chi connectivity index (χ3v) is 7.03. The molecule has 190 valence electrons. The Bertz CT molecular complexity index is 1200. The van der Waals surface area contributed by atoms with Gasteiger partial charge in [0.2, 0.25) is 5.91 Å². The predicted molar refractivity (Wildman–Crippen MR) is 149 cm³/mol. The number of rotatable bonds is 10. The molecule has 0 bridgehead atoms. The van der Waals surface area contributed by atoms with Crippen LogP contribution in [0.25, 0.3) is 0 Å². The maximum atomic E-state index is 13.6. The molecule has 0 heterocycles. The van der Waals surface area contributed by atoms with Crippen molar-refractivity contribution in [1.29, 1.82) is 0 Å². The molecule has 5 nitrogen and oxygen atoms in total. The number of hydrogen-bond acceptors (Lipinski definition) is 3. The van der Waals surface area contributed by atoms with Crippen LogP contribution in [-0.4, -0.2) is 35.4 Å². The van der Waals surface area contributed by atoms with Gasteiger partial charge in [0.25, 0.3) is 5.91 Å². The zero-order chi connectivity index (χ0) is 26.2. The molecule has 0 saturated carbocycles. The molecule has 0 aliphatic heterocycles. The second kappa shape index (κ2) is 13.1. The molecule has 1 atom stereocenters. The van der Waals surface area contributed by atoms with Gasteiger partial charge in [-0.2, -0.15) is 0 Å². The summed E-state index contributed by atoms with van der Waals surface area (Å²) in [5.41, 5.74) is 2.61. The number of carbonyl (C=O) groups is 2. The third-order valence-electron chi connectivity index (χ3n) is 5.55. The van der Waals surface area contributed by atoms with Crippen LogP contribution in [0.15, 0.2) is 71.2 Å². The number of hydrogen-bond donors (Lipinski definition) is 1. The highest BCUT2D eigenvalue weighted by Gasteiger charge is 2.31. The van der Waals surface area contributed by atoms with Crippen LogP contribution in [0.5, 0.6) is 5.75 Å². The second-order valence-electron chi connectivity index (χ2n) is 8.83. The van der Waals surface area contributed by atoms with E-state index in [9.17, 15) is 9.59 Å². The SMILES string of the molecule is Cc1cc(OCC(=O)N(Cc2ccc(Cl)cc2Cl)[C@@H](Cc2ccccc2)C(=O)NC(C)C)ccc1Br. The smallest absolute Gasteiger partial charge is 0.261 e. The number of aryl methyl sites for hydroxylation is 1. The summed E-state index contributed by atoms with van der Waals surface area (Å²) >= 11 is 16.0. The Morgan fingerprint density at radius 2 is 1.75 bits per heavy atom. The summed E-state index contributed by atoms with van der Waals surface area (Å²) in [5.74, 6) is -0.00651. The van der Waals surface area contributed by atoms with E-state index < -0.39 is 6.04 Å². The zero-order valence-corrected chi connectivity index (χ0v) is 23.5. The summed E-state index contributed by atoms with van der Waals surface area (Å²) in [6, 6.07) is 19.4. The lowest BCUT2D eigenvalue weighted by molar-refractivity contribution is -0.143. The van der Waals surface area contributed by atoms with Crippen molar-refractivity contribution in [3.05, 3.63) is 97.9 Å². The fourth-order valence-corrected chi connectivity index (χ4v) is 4.42. The molecule has 3 aromatic rings. The standard InChI is InChI=1S/C28H29BrCl2N2O3/c1-18(2)32-28(35)26(14-20-7-5-4-6-8-20)33(16-21-9-10-22(30)15-25(21)31)27(34)17-36-23-11-12-24(29)19(3)13-23/h4-13,15,18,26H,14,16-17H2,1-3H3,(H,32,35)/t26-/m0/s1. The van der Waals surface area contributed by atoms with E-state index in [0.29, 0.717) is 27.8 Å². The summed E-state index contributed by atoms with van der Waals surface area (Å²) in [4.78, 5) is 28.5. The quantitative estimate of drug-likeness (QED) is 0.289. The van der Waals surface area contributed by atoms with Gasteiger partial charge in [-0.05, 0) is 67.8 Å². The first-order valence-corrected chi connectivity index (χ1v) is 13.2. The van der Waals surface area contributed by atoms with Crippen LogP contribution >= 0.6 is 39.1 Å². The van der Waals surface area contributed by atoms with Crippen LogP contribution in [0, 0.1) is 6.92 Å². The van der Waals surface area contributed by atoms with Crippen molar-refractivity contribution in [3.63, 3.8) is 0 Å². The van der Waals surface area contributed by atoms with E-state index >= 15 is 0 Å². The van der Waals surface area contributed by atoms with Crippen molar-refractivity contribution in [2.24, 2.45) is 0 Å². The monoisotopic (exact) mass is 590 g/mol. The van der Waals surface area contributed by atoms with Crippen molar-refractivity contribution in [2.75, 3.05) is 6.61 Å². The molecule has 0 fully saturated rings. The molecule has 36 heavy (non-hydrogen) atoms. The summed E-state index contributed by atoms with van der Waals surface area (Å²) in [6.45, 7) is 5.62. The minimum Gasteiger partial charge on any atom is -0.484 e. The topological polar surface area (TPSA) is 58.6 Å². The van der Waals surface area contributed by atoms with Crippen LogP contribution in [0.1, 0.15) is 30.5 Å². The molecule has 0 radical (unpaired) electrons. The van der Waals surface area contributed by atoms with Crippen LogP contribution in [0.2, 0.25) is 10.0 Å². The van der Waals surface area contributed by atoms with Gasteiger partial charge in [0.1, 0.15) is 11.8 Å². The summed E-state index contributed by atoms with van der Waals surface area (Å²) in [7, 11) is 0. The van der Waals surface area contributed by atoms with E-state index in [2.05, 4.69) is 21.2 Å². The van der Waals surface area contributed by atoms with E-state index in [4.69, 9.17) is 27.9 Å². The van der Waals surface area contributed by atoms with Gasteiger partial charge < -0.3 is 15.0 Å². The summed E-state index contributed by atoms with van der Waals surface area (Å²) in [5, 5.41) is 3.88. The number of benzene rings is 3. The van der Waals surface area contributed by atoms with Crippen molar-refractivity contribution in [1.82, 2.24) is 10.2 Å². The molecule has 0 aliphatic rings. The molecular weight excluding hydrogens is 563 g/mol. The highest BCUT2D eigenvalue weighted by Crippen LogP contribution is 2.25. The Morgan fingerprint density at radius 1 is 1.03 bits per heavy atom. The number of halogens is 3. The Labute approximate surface area is 230 Å². The Kier molecular flexibility index (Phi) is 10.2. The van der Waals surface area contributed by atoms with E-state index in [-0.39, 0.29) is 31.0 Å². The highest BCUT2D eigenvalue weighted by atomic mass is 79.9. The van der Waals surface area contributed by atoms with Gasteiger partial charge >= 0.3 is 0 Å². The van der Waals surface area contributed by atoms with Crippen molar-refractivity contribution in [2.45, 2.75) is 45.8 Å². The molecule has 2 amide bonds. The maximum absolute atomic E-state index is 13.6. The first-order valence-electron chi connectivity index (χ1n) is 11.6. The maximum Gasteiger partial charge on any atom is 0.261 e. The normalized spacial score (nSPS) is 11.8. The lowest BCUT2D eigenvalue weighted by atomic mass is 10.0. The minimum atomic E-state index is -0.774. The number of carbonyl (C=O) groups excluding carboxylic acids is 2. The van der Waals surface area contributed by atoms with Crippen LogP contribution in [-0.2, 0) is 22.6 Å². The van der Waals surface area contributed by atoms with Gasteiger partial charge in [-0.15, -0.1) is 0 Å². The van der Waals surface area contributed by atoms with E-state index in [1.807, 2.05) is 63.2 Å². The molecule has 3 rings (SSSR count). The van der Waals surface area contributed by atoms with Crippen molar-refractivity contribution < 1.29 is 14.3 Å². The molecule has 0 saturated heterocycles. The molecule has 0 aliphatic carbocycles. The lowest BCUT2D eigenvalue weighted by Crippen LogP contribution is -2.52. The molecular formula is C28H29BrCl2N2O3. The average molecular weight is 592 g/mol. The Balaban J connectivity index is 1.94. The van der Waals surface area contributed by atoms with Gasteiger partial charge in [0.05, 0.1) is 0 Å². The Hall–Kier alpha value is -2.54. The second-order valence-corrected chi connectivity index (χ2v) is 10.5. The fraction of sp³-hybridized carbons (Fsp3) is 0.286.